The van der Waals surface area contributed by atoms with Crippen molar-refractivity contribution in [2.75, 3.05) is 0 Å². The third-order valence-electron chi connectivity index (χ3n) is 3.74. The molecule has 0 aliphatic heterocycles. The second kappa shape index (κ2) is 4.02. The van der Waals surface area contributed by atoms with Crippen LogP contribution < -0.4 is 0 Å². The van der Waals surface area contributed by atoms with Crippen molar-refractivity contribution in [2.45, 2.75) is 60.3 Å². The fraction of sp³-hybridized carbons (Fsp3) is 1.00. The zero-order valence-corrected chi connectivity index (χ0v) is 10.1. The number of rotatable bonds is 1. The van der Waals surface area contributed by atoms with Gasteiger partial charge in [-0.1, -0.05) is 34.6 Å². The van der Waals surface area contributed by atoms with E-state index in [4.69, 9.17) is 0 Å². The van der Waals surface area contributed by atoms with Gasteiger partial charge in [0.05, 0.1) is 0 Å². The van der Waals surface area contributed by atoms with Gasteiger partial charge in [0, 0.05) is 0 Å². The monoisotopic (exact) mass is 182 g/mol. The summed E-state index contributed by atoms with van der Waals surface area (Å²) in [5.41, 5.74) is 0.600. The summed E-state index contributed by atoms with van der Waals surface area (Å²) in [6.45, 7) is 12.1. The molecule has 1 rings (SSSR count). The van der Waals surface area contributed by atoms with E-state index in [1.54, 1.807) is 0 Å². The van der Waals surface area contributed by atoms with E-state index in [2.05, 4.69) is 34.6 Å². The molecule has 0 amide bonds. The van der Waals surface area contributed by atoms with Crippen LogP contribution in [0.25, 0.3) is 0 Å². The van der Waals surface area contributed by atoms with Gasteiger partial charge in [0.1, 0.15) is 0 Å². The maximum Gasteiger partial charge on any atom is -0.0352 e. The fourth-order valence-electron chi connectivity index (χ4n) is 2.95. The summed E-state index contributed by atoms with van der Waals surface area (Å²) < 4.78 is 0. The molecule has 0 saturated heterocycles. The molecule has 1 fully saturated rings. The molecule has 0 spiro atoms. The van der Waals surface area contributed by atoms with Crippen LogP contribution in [0.5, 0.6) is 0 Å². The molecule has 0 bridgehead atoms. The lowest BCUT2D eigenvalue weighted by molar-refractivity contribution is 0.277. The zero-order chi connectivity index (χ0) is 10.1. The van der Waals surface area contributed by atoms with Gasteiger partial charge in [-0.2, -0.15) is 0 Å². The van der Waals surface area contributed by atoms with Crippen molar-refractivity contribution in [1.29, 1.82) is 0 Å². The smallest absolute Gasteiger partial charge is 0.0352 e. The molecule has 78 valence electrons. The minimum atomic E-state index is 0.600. The van der Waals surface area contributed by atoms with Gasteiger partial charge in [-0.3, -0.25) is 0 Å². The number of hydrogen-bond donors (Lipinski definition) is 0. The van der Waals surface area contributed by atoms with Crippen LogP contribution in [0.3, 0.4) is 0 Å². The maximum atomic E-state index is 2.44. The highest BCUT2D eigenvalue weighted by Crippen LogP contribution is 2.41. The van der Waals surface area contributed by atoms with Crippen molar-refractivity contribution in [2.24, 2.45) is 23.2 Å². The van der Waals surface area contributed by atoms with E-state index in [-0.39, 0.29) is 0 Å². The summed E-state index contributed by atoms with van der Waals surface area (Å²) in [4.78, 5) is 0. The highest BCUT2D eigenvalue weighted by Gasteiger charge is 2.29. The summed E-state index contributed by atoms with van der Waals surface area (Å²) >= 11 is 0. The molecule has 0 aromatic heterocycles. The molecule has 1 saturated carbocycles. The first-order chi connectivity index (χ1) is 5.91. The molecule has 0 heterocycles. The van der Waals surface area contributed by atoms with Crippen molar-refractivity contribution >= 4 is 0 Å². The Morgan fingerprint density at radius 2 is 1.85 bits per heavy atom. The Morgan fingerprint density at radius 3 is 2.38 bits per heavy atom. The van der Waals surface area contributed by atoms with Crippen molar-refractivity contribution in [3.05, 3.63) is 0 Å². The lowest BCUT2D eigenvalue weighted by Gasteiger charge is -2.24. The van der Waals surface area contributed by atoms with Crippen LogP contribution in [-0.2, 0) is 0 Å². The topological polar surface area (TPSA) is 0 Å². The van der Waals surface area contributed by atoms with Crippen molar-refractivity contribution in [3.63, 3.8) is 0 Å². The maximum absolute atomic E-state index is 2.44. The molecule has 2 atom stereocenters. The Morgan fingerprint density at radius 1 is 1.23 bits per heavy atom. The minimum absolute atomic E-state index is 0.600. The lowest BCUT2D eigenvalue weighted by atomic mass is 9.82. The van der Waals surface area contributed by atoms with Crippen molar-refractivity contribution in [1.82, 2.24) is 0 Å². The van der Waals surface area contributed by atoms with Crippen LogP contribution in [0.1, 0.15) is 60.3 Å². The predicted octanol–water partition coefficient (Wildman–Crippen LogP) is 4.49. The summed E-state index contributed by atoms with van der Waals surface area (Å²) in [6.07, 6.45) is 5.77. The highest BCUT2D eigenvalue weighted by atomic mass is 14.3. The second-order valence-corrected chi connectivity index (χ2v) is 6.25. The van der Waals surface area contributed by atoms with Crippen LogP contribution in [0.15, 0.2) is 0 Å². The molecule has 13 heavy (non-hydrogen) atoms. The average molecular weight is 182 g/mol. The predicted molar refractivity (Wildman–Crippen MR) is 59.7 cm³/mol. The van der Waals surface area contributed by atoms with Gasteiger partial charge in [0.15, 0.2) is 0 Å². The Labute approximate surface area is 84.1 Å². The molecule has 2 unspecified atom stereocenters. The van der Waals surface area contributed by atoms with E-state index >= 15 is 0 Å². The normalized spacial score (nSPS) is 34.6. The first kappa shape index (κ1) is 11.1. The van der Waals surface area contributed by atoms with Gasteiger partial charge in [-0.05, 0) is 48.9 Å². The van der Waals surface area contributed by atoms with E-state index in [1.807, 2.05) is 0 Å². The third kappa shape index (κ3) is 3.32. The molecular formula is C13H26. The molecular weight excluding hydrogens is 156 g/mol. The molecule has 1 aliphatic rings. The molecule has 0 aromatic carbocycles. The first-order valence-corrected chi connectivity index (χ1v) is 5.91. The fourth-order valence-corrected chi connectivity index (χ4v) is 2.95. The van der Waals surface area contributed by atoms with Gasteiger partial charge in [0.2, 0.25) is 0 Å². The molecule has 0 N–H and O–H groups in total. The Bertz CT molecular complexity index is 155. The highest BCUT2D eigenvalue weighted by molar-refractivity contribution is 4.80. The van der Waals surface area contributed by atoms with E-state index in [0.717, 1.165) is 17.8 Å². The van der Waals surface area contributed by atoms with Crippen molar-refractivity contribution < 1.29 is 0 Å². The van der Waals surface area contributed by atoms with Gasteiger partial charge >= 0.3 is 0 Å². The quantitative estimate of drug-likeness (QED) is 0.524. The Balaban J connectivity index is 2.58. The second-order valence-electron chi connectivity index (χ2n) is 6.25. The lowest BCUT2D eigenvalue weighted by Crippen LogP contribution is -2.12. The van der Waals surface area contributed by atoms with E-state index in [0.29, 0.717) is 5.41 Å². The standard InChI is InChI=1S/C13H26/c1-10(2)12-6-7-13(4,5)9-11(3)8-12/h10-12H,6-9H2,1-5H3. The van der Waals surface area contributed by atoms with Gasteiger partial charge < -0.3 is 0 Å². The minimum Gasteiger partial charge on any atom is -0.0625 e. The summed E-state index contributed by atoms with van der Waals surface area (Å²) in [5.74, 6) is 2.80. The van der Waals surface area contributed by atoms with E-state index in [1.165, 1.54) is 25.7 Å². The van der Waals surface area contributed by atoms with E-state index in [9.17, 15) is 0 Å². The molecule has 0 aromatic rings. The summed E-state index contributed by atoms with van der Waals surface area (Å²) in [7, 11) is 0. The SMILES string of the molecule is CC1CC(C(C)C)CCC(C)(C)C1. The molecule has 0 nitrogen and oxygen atoms in total. The van der Waals surface area contributed by atoms with Gasteiger partial charge in [-0.15, -0.1) is 0 Å². The van der Waals surface area contributed by atoms with Crippen molar-refractivity contribution in [3.8, 4) is 0 Å². The Kier molecular flexibility index (Phi) is 3.43. The average Bonchev–Trinajstić information content (AvgIpc) is 2.07. The molecule has 0 heteroatoms. The van der Waals surface area contributed by atoms with Crippen LogP contribution in [-0.4, -0.2) is 0 Å². The molecule has 0 radical (unpaired) electrons. The van der Waals surface area contributed by atoms with Crippen LogP contribution in [0, 0.1) is 23.2 Å². The molecule has 1 aliphatic carbocycles. The summed E-state index contributed by atoms with van der Waals surface area (Å²) in [6, 6.07) is 0. The van der Waals surface area contributed by atoms with Gasteiger partial charge in [-0.25, -0.2) is 0 Å². The van der Waals surface area contributed by atoms with Crippen LogP contribution >= 0.6 is 0 Å². The Hall–Kier alpha value is 0. The van der Waals surface area contributed by atoms with Crippen LogP contribution in [0.2, 0.25) is 0 Å². The largest absolute Gasteiger partial charge is 0.0625 e. The van der Waals surface area contributed by atoms with E-state index < -0.39 is 0 Å². The number of hydrogen-bond acceptors (Lipinski definition) is 0. The summed E-state index contributed by atoms with van der Waals surface area (Å²) in [5, 5.41) is 0. The van der Waals surface area contributed by atoms with Crippen LogP contribution in [0.4, 0.5) is 0 Å². The third-order valence-corrected chi connectivity index (χ3v) is 3.74. The first-order valence-electron chi connectivity index (χ1n) is 5.91. The zero-order valence-electron chi connectivity index (χ0n) is 10.1. The van der Waals surface area contributed by atoms with Gasteiger partial charge in [0.25, 0.3) is 0 Å².